The van der Waals surface area contributed by atoms with Crippen molar-refractivity contribution in [3.05, 3.63) is 86.5 Å². The van der Waals surface area contributed by atoms with Crippen LogP contribution in [0.3, 0.4) is 0 Å². The van der Waals surface area contributed by atoms with E-state index < -0.39 is 0 Å². The molecule has 8 heteroatoms. The first-order valence-electron chi connectivity index (χ1n) is 10.6. The van der Waals surface area contributed by atoms with Crippen LogP contribution in [0.25, 0.3) is 0 Å². The summed E-state index contributed by atoms with van der Waals surface area (Å²) in [6.07, 6.45) is 0. The van der Waals surface area contributed by atoms with Gasteiger partial charge in [-0.2, -0.15) is 0 Å². The lowest BCUT2D eigenvalue weighted by Crippen LogP contribution is -2.45. The molecule has 0 saturated heterocycles. The molecule has 0 saturated carbocycles. The van der Waals surface area contributed by atoms with Crippen molar-refractivity contribution in [3.8, 4) is 0 Å². The average Bonchev–Trinajstić information content (AvgIpc) is 3.22. The van der Waals surface area contributed by atoms with E-state index in [-0.39, 0.29) is 18.5 Å². The van der Waals surface area contributed by atoms with E-state index in [0.29, 0.717) is 31.9 Å². The van der Waals surface area contributed by atoms with Gasteiger partial charge in [-0.05, 0) is 53.8 Å². The first kappa shape index (κ1) is 25.0. The number of nitrogens with one attached hydrogen (secondary N) is 1. The summed E-state index contributed by atoms with van der Waals surface area (Å²) in [7, 11) is 1.58. The van der Waals surface area contributed by atoms with Crippen molar-refractivity contribution in [2.45, 2.75) is 20.0 Å². The first-order valence-corrected chi connectivity index (χ1v) is 12.3. The highest BCUT2D eigenvalue weighted by Crippen LogP contribution is 2.20. The van der Waals surface area contributed by atoms with Crippen molar-refractivity contribution in [2.75, 3.05) is 32.1 Å². The van der Waals surface area contributed by atoms with Crippen LogP contribution >= 0.6 is 27.3 Å². The van der Waals surface area contributed by atoms with Gasteiger partial charge in [0, 0.05) is 35.2 Å². The number of hydrogen-bond donors (Lipinski definition) is 1. The molecule has 1 N–H and O–H groups in total. The zero-order chi connectivity index (χ0) is 23.6. The summed E-state index contributed by atoms with van der Waals surface area (Å²) in [5, 5.41) is 4.90. The number of methoxy groups -OCH3 is 1. The Bertz CT molecular complexity index is 1040. The van der Waals surface area contributed by atoms with Gasteiger partial charge in [0.1, 0.15) is 6.54 Å². The van der Waals surface area contributed by atoms with Gasteiger partial charge in [0.15, 0.2) is 0 Å². The van der Waals surface area contributed by atoms with Gasteiger partial charge in [-0.15, -0.1) is 11.3 Å². The third-order valence-corrected chi connectivity index (χ3v) is 6.68. The molecule has 0 radical (unpaired) electrons. The second kappa shape index (κ2) is 12.5. The van der Waals surface area contributed by atoms with Gasteiger partial charge in [-0.1, -0.05) is 46.3 Å². The molecule has 0 atom stereocenters. The molecule has 1 aromatic heterocycles. The molecule has 174 valence electrons. The molecular weight excluding hydrogens is 502 g/mol. The zero-order valence-corrected chi connectivity index (χ0v) is 21.2. The summed E-state index contributed by atoms with van der Waals surface area (Å²) in [4.78, 5) is 30.8. The Balaban J connectivity index is 1.75. The van der Waals surface area contributed by atoms with E-state index in [1.54, 1.807) is 35.5 Å². The van der Waals surface area contributed by atoms with Gasteiger partial charge in [0.25, 0.3) is 0 Å². The van der Waals surface area contributed by atoms with E-state index in [9.17, 15) is 9.59 Å². The Morgan fingerprint density at radius 3 is 2.36 bits per heavy atom. The average molecular weight is 530 g/mol. The summed E-state index contributed by atoms with van der Waals surface area (Å²) in [6.45, 7) is 3.63. The van der Waals surface area contributed by atoms with Gasteiger partial charge in [0.05, 0.1) is 13.2 Å². The smallest absolute Gasteiger partial charge is 0.322 e. The van der Waals surface area contributed by atoms with E-state index in [1.807, 2.05) is 54.8 Å². The minimum Gasteiger partial charge on any atom is -0.383 e. The number of ether oxygens (including phenoxy) is 1. The standard InChI is InChI=1S/C25H28BrN3O3S/c1-19-12-15-33-23(19)17-29(16-20-6-4-3-5-7-20)24(30)18-28(13-14-32-2)25(31)27-22-10-8-21(26)9-11-22/h3-12,15H,13-14,16-18H2,1-2H3,(H,27,31). The number of anilines is 1. The van der Waals surface area contributed by atoms with Crippen LogP contribution in [0.2, 0.25) is 0 Å². The van der Waals surface area contributed by atoms with Crippen molar-refractivity contribution < 1.29 is 14.3 Å². The molecule has 0 aliphatic heterocycles. The van der Waals surface area contributed by atoms with Crippen LogP contribution in [0, 0.1) is 6.92 Å². The molecule has 6 nitrogen and oxygen atoms in total. The molecule has 0 aliphatic rings. The number of nitrogens with zero attached hydrogens (tertiary/aromatic N) is 2. The van der Waals surface area contributed by atoms with E-state index in [0.717, 1.165) is 20.5 Å². The van der Waals surface area contributed by atoms with Crippen LogP contribution in [-0.2, 0) is 22.6 Å². The molecule has 3 amide bonds. The van der Waals surface area contributed by atoms with Gasteiger partial charge in [-0.25, -0.2) is 4.79 Å². The fourth-order valence-corrected chi connectivity index (χ4v) is 4.41. The predicted octanol–water partition coefficient (Wildman–Crippen LogP) is 5.53. The Kier molecular flexibility index (Phi) is 9.47. The van der Waals surface area contributed by atoms with Gasteiger partial charge in [-0.3, -0.25) is 4.79 Å². The number of urea groups is 1. The lowest BCUT2D eigenvalue weighted by molar-refractivity contribution is -0.133. The first-order chi connectivity index (χ1) is 16.0. The molecule has 0 spiro atoms. The number of benzene rings is 2. The lowest BCUT2D eigenvalue weighted by Gasteiger charge is -2.28. The maximum absolute atomic E-state index is 13.4. The fourth-order valence-electron chi connectivity index (χ4n) is 3.23. The van der Waals surface area contributed by atoms with Crippen molar-refractivity contribution in [1.82, 2.24) is 9.80 Å². The number of aryl methyl sites for hydroxylation is 1. The zero-order valence-electron chi connectivity index (χ0n) is 18.8. The molecule has 0 fully saturated rings. The number of halogens is 1. The number of carbonyl (C=O) groups excluding carboxylic acids is 2. The van der Waals surface area contributed by atoms with Crippen LogP contribution < -0.4 is 5.32 Å². The summed E-state index contributed by atoms with van der Waals surface area (Å²) >= 11 is 5.03. The molecule has 3 rings (SSSR count). The highest BCUT2D eigenvalue weighted by atomic mass is 79.9. The number of carbonyl (C=O) groups is 2. The van der Waals surface area contributed by atoms with E-state index in [1.165, 1.54) is 4.90 Å². The van der Waals surface area contributed by atoms with E-state index >= 15 is 0 Å². The third kappa shape index (κ3) is 7.70. The van der Waals surface area contributed by atoms with Crippen molar-refractivity contribution in [3.63, 3.8) is 0 Å². The van der Waals surface area contributed by atoms with Gasteiger partial charge >= 0.3 is 6.03 Å². The van der Waals surface area contributed by atoms with E-state index in [4.69, 9.17) is 4.74 Å². The highest BCUT2D eigenvalue weighted by molar-refractivity contribution is 9.10. The minimum atomic E-state index is -0.338. The molecular formula is C25H28BrN3O3S. The van der Waals surface area contributed by atoms with Crippen molar-refractivity contribution in [2.24, 2.45) is 0 Å². The van der Waals surface area contributed by atoms with Gasteiger partial charge < -0.3 is 19.9 Å². The van der Waals surface area contributed by atoms with Crippen LogP contribution in [0.5, 0.6) is 0 Å². The summed E-state index contributed by atoms with van der Waals surface area (Å²) in [6, 6.07) is 18.9. The number of amides is 3. The van der Waals surface area contributed by atoms with Crippen LogP contribution in [-0.4, -0.2) is 48.5 Å². The normalized spacial score (nSPS) is 10.6. The van der Waals surface area contributed by atoms with Crippen LogP contribution in [0.1, 0.15) is 16.0 Å². The molecule has 2 aromatic carbocycles. The van der Waals surface area contributed by atoms with Crippen molar-refractivity contribution in [1.29, 1.82) is 0 Å². The summed E-state index contributed by atoms with van der Waals surface area (Å²) in [5.41, 5.74) is 2.87. The van der Waals surface area contributed by atoms with Gasteiger partial charge in [0.2, 0.25) is 5.91 Å². The Morgan fingerprint density at radius 1 is 1.00 bits per heavy atom. The molecule has 1 heterocycles. The number of rotatable bonds is 10. The Hall–Kier alpha value is -2.68. The number of hydrogen-bond acceptors (Lipinski definition) is 4. The fraction of sp³-hybridized carbons (Fsp3) is 0.280. The summed E-state index contributed by atoms with van der Waals surface area (Å²) < 4.78 is 6.10. The van der Waals surface area contributed by atoms with Crippen molar-refractivity contribution >= 4 is 44.9 Å². The minimum absolute atomic E-state index is 0.0387. The maximum atomic E-state index is 13.4. The second-order valence-corrected chi connectivity index (χ2v) is 9.53. The maximum Gasteiger partial charge on any atom is 0.322 e. The quantitative estimate of drug-likeness (QED) is 0.375. The van der Waals surface area contributed by atoms with E-state index in [2.05, 4.69) is 27.3 Å². The molecule has 0 aliphatic carbocycles. The molecule has 3 aromatic rings. The third-order valence-electron chi connectivity index (χ3n) is 5.15. The highest BCUT2D eigenvalue weighted by Gasteiger charge is 2.22. The lowest BCUT2D eigenvalue weighted by atomic mass is 10.2. The molecule has 33 heavy (non-hydrogen) atoms. The Morgan fingerprint density at radius 2 is 1.73 bits per heavy atom. The monoisotopic (exact) mass is 529 g/mol. The SMILES string of the molecule is COCCN(CC(=O)N(Cc1ccccc1)Cc1sccc1C)C(=O)Nc1ccc(Br)cc1. The van der Waals surface area contributed by atoms with Crippen LogP contribution in [0.4, 0.5) is 10.5 Å². The summed E-state index contributed by atoms with van der Waals surface area (Å²) in [5.74, 6) is -0.117. The van der Waals surface area contributed by atoms with Crippen LogP contribution in [0.15, 0.2) is 70.5 Å². The number of thiophene rings is 1. The molecule has 0 bridgehead atoms. The Labute approximate surface area is 207 Å². The second-order valence-electron chi connectivity index (χ2n) is 7.61. The molecule has 0 unspecified atom stereocenters. The topological polar surface area (TPSA) is 61.9 Å². The predicted molar refractivity (Wildman–Crippen MR) is 136 cm³/mol. The largest absolute Gasteiger partial charge is 0.383 e.